The average Bonchev–Trinajstić information content (AvgIpc) is 3.43. The van der Waals surface area contributed by atoms with E-state index in [1.54, 1.807) is 0 Å². The van der Waals surface area contributed by atoms with Crippen LogP contribution in [0.15, 0.2) is 60.7 Å². The number of benzene rings is 2. The molecule has 128 valence electrons. The molecular formula is C21H27NO2. The predicted octanol–water partition coefficient (Wildman–Crippen LogP) is 3.79. The van der Waals surface area contributed by atoms with Crippen molar-refractivity contribution < 1.29 is 9.84 Å². The van der Waals surface area contributed by atoms with Crippen LogP contribution in [0.25, 0.3) is 0 Å². The first kappa shape index (κ1) is 17.2. The van der Waals surface area contributed by atoms with Crippen molar-refractivity contribution in [3.05, 3.63) is 71.8 Å². The van der Waals surface area contributed by atoms with Gasteiger partial charge in [0.2, 0.25) is 0 Å². The largest absolute Gasteiger partial charge is 0.396 e. The second-order valence-electron chi connectivity index (χ2n) is 6.55. The molecule has 0 aliphatic carbocycles. The van der Waals surface area contributed by atoms with Gasteiger partial charge in [0, 0.05) is 25.2 Å². The molecule has 1 unspecified atom stereocenters. The van der Waals surface area contributed by atoms with Gasteiger partial charge >= 0.3 is 0 Å². The summed E-state index contributed by atoms with van der Waals surface area (Å²) in [6.45, 7) is 4.20. The van der Waals surface area contributed by atoms with E-state index in [9.17, 15) is 5.11 Å². The minimum absolute atomic E-state index is 0.184. The van der Waals surface area contributed by atoms with Gasteiger partial charge in [0.05, 0.1) is 12.7 Å². The quantitative estimate of drug-likeness (QED) is 0.712. The van der Waals surface area contributed by atoms with E-state index in [0.717, 1.165) is 19.4 Å². The smallest absolute Gasteiger partial charge is 0.0748 e. The fraction of sp³-hybridized carbons (Fsp3) is 0.429. The second kappa shape index (κ2) is 8.43. The highest BCUT2D eigenvalue weighted by Gasteiger charge is 2.43. The number of hydrogen-bond donors (Lipinski definition) is 1. The zero-order valence-electron chi connectivity index (χ0n) is 14.3. The highest BCUT2D eigenvalue weighted by Crippen LogP contribution is 2.36. The summed E-state index contributed by atoms with van der Waals surface area (Å²) >= 11 is 0. The van der Waals surface area contributed by atoms with Gasteiger partial charge in [-0.15, -0.1) is 0 Å². The van der Waals surface area contributed by atoms with E-state index in [0.29, 0.717) is 18.7 Å². The molecule has 1 N–H and O–H groups in total. The minimum atomic E-state index is 0.184. The van der Waals surface area contributed by atoms with Crippen molar-refractivity contribution in [3.63, 3.8) is 0 Å². The zero-order chi connectivity index (χ0) is 16.8. The van der Waals surface area contributed by atoms with E-state index < -0.39 is 0 Å². The Balaban J connectivity index is 1.58. The Kier molecular flexibility index (Phi) is 6.02. The van der Waals surface area contributed by atoms with Gasteiger partial charge in [-0.1, -0.05) is 60.7 Å². The van der Waals surface area contributed by atoms with E-state index in [4.69, 9.17) is 4.74 Å². The van der Waals surface area contributed by atoms with E-state index in [1.165, 1.54) is 11.1 Å². The molecule has 2 aromatic carbocycles. The first-order valence-electron chi connectivity index (χ1n) is 8.86. The number of aliphatic hydroxyl groups is 1. The van der Waals surface area contributed by atoms with Crippen LogP contribution in [0, 0.1) is 0 Å². The van der Waals surface area contributed by atoms with Crippen molar-refractivity contribution in [1.29, 1.82) is 0 Å². The number of rotatable bonds is 9. The predicted molar refractivity (Wildman–Crippen MR) is 96.7 cm³/mol. The molecule has 3 heteroatoms. The first-order chi connectivity index (χ1) is 11.8. The summed E-state index contributed by atoms with van der Waals surface area (Å²) in [6.07, 6.45) is 1.89. The fourth-order valence-corrected chi connectivity index (χ4v) is 3.33. The van der Waals surface area contributed by atoms with Crippen LogP contribution in [0.1, 0.15) is 36.9 Å². The Morgan fingerprint density at radius 2 is 1.75 bits per heavy atom. The van der Waals surface area contributed by atoms with Gasteiger partial charge in [-0.25, -0.2) is 0 Å². The highest BCUT2D eigenvalue weighted by molar-refractivity contribution is 5.20. The molecule has 0 bridgehead atoms. The average molecular weight is 325 g/mol. The third kappa shape index (κ3) is 4.44. The summed E-state index contributed by atoms with van der Waals surface area (Å²) in [6, 6.07) is 21.8. The van der Waals surface area contributed by atoms with Gasteiger partial charge in [-0.3, -0.25) is 4.90 Å². The maximum atomic E-state index is 9.19. The van der Waals surface area contributed by atoms with Gasteiger partial charge in [0.25, 0.3) is 0 Å². The molecule has 24 heavy (non-hydrogen) atoms. The number of ether oxygens (including phenoxy) is 1. The van der Waals surface area contributed by atoms with Crippen molar-refractivity contribution in [2.24, 2.45) is 0 Å². The molecular weight excluding hydrogens is 298 g/mol. The highest BCUT2D eigenvalue weighted by atomic mass is 16.5. The summed E-state index contributed by atoms with van der Waals surface area (Å²) in [4.78, 5) is 2.49. The number of hydrogen-bond acceptors (Lipinski definition) is 3. The first-order valence-corrected chi connectivity index (χ1v) is 8.86. The van der Waals surface area contributed by atoms with E-state index in [-0.39, 0.29) is 12.7 Å². The summed E-state index contributed by atoms with van der Waals surface area (Å²) in [5, 5.41) is 9.19. The Labute approximate surface area is 144 Å². The van der Waals surface area contributed by atoms with Crippen LogP contribution < -0.4 is 0 Å². The molecule has 4 atom stereocenters. The van der Waals surface area contributed by atoms with E-state index >= 15 is 0 Å². The molecule has 1 fully saturated rings. The molecule has 0 radical (unpaired) electrons. The molecule has 0 aromatic heterocycles. The van der Waals surface area contributed by atoms with Crippen molar-refractivity contribution >= 4 is 0 Å². The minimum Gasteiger partial charge on any atom is -0.396 e. The topological polar surface area (TPSA) is 32.5 Å². The molecule has 3 rings (SSSR count). The fourth-order valence-electron chi connectivity index (χ4n) is 3.33. The normalized spacial score (nSPS) is 22.1. The Hall–Kier alpha value is -1.68. The van der Waals surface area contributed by atoms with Crippen LogP contribution in [0.2, 0.25) is 0 Å². The molecule has 1 aliphatic rings. The lowest BCUT2D eigenvalue weighted by molar-refractivity contribution is 0.0199. The molecule has 1 saturated heterocycles. The van der Waals surface area contributed by atoms with E-state index in [2.05, 4.69) is 54.3 Å². The standard InChI is InChI=1S/C21H27NO2/c1-17(19-11-6-3-7-12-19)22-15-20(22)21(13-8-14-23)24-16-18-9-4-2-5-10-18/h2-7,9-12,17,20-21,23H,8,13-16H2,1H3/t17-,20+,21-,22?/m1/s1. The number of nitrogens with zero attached hydrogens (tertiary/aromatic N) is 1. The van der Waals surface area contributed by atoms with Crippen molar-refractivity contribution in [2.75, 3.05) is 13.2 Å². The van der Waals surface area contributed by atoms with Gasteiger partial charge in [0.15, 0.2) is 0 Å². The molecule has 3 nitrogen and oxygen atoms in total. The van der Waals surface area contributed by atoms with Crippen LogP contribution in [-0.4, -0.2) is 35.3 Å². The summed E-state index contributed by atoms with van der Waals surface area (Å²) in [7, 11) is 0. The SMILES string of the molecule is C[C@H](c1ccccc1)N1C[C@H]1[C@@H](CCCO)OCc1ccccc1. The van der Waals surface area contributed by atoms with Crippen LogP contribution in [-0.2, 0) is 11.3 Å². The van der Waals surface area contributed by atoms with Crippen molar-refractivity contribution in [3.8, 4) is 0 Å². The Morgan fingerprint density at radius 1 is 1.08 bits per heavy atom. The molecule has 0 spiro atoms. The molecule has 1 heterocycles. The molecule has 0 amide bonds. The third-order valence-corrected chi connectivity index (χ3v) is 4.85. The summed E-state index contributed by atoms with van der Waals surface area (Å²) in [5.41, 5.74) is 2.55. The Bertz CT molecular complexity index is 602. The van der Waals surface area contributed by atoms with Crippen LogP contribution in [0.4, 0.5) is 0 Å². The van der Waals surface area contributed by atoms with Crippen molar-refractivity contribution in [1.82, 2.24) is 4.90 Å². The Morgan fingerprint density at radius 3 is 2.42 bits per heavy atom. The van der Waals surface area contributed by atoms with Crippen molar-refractivity contribution in [2.45, 2.75) is 44.6 Å². The van der Waals surface area contributed by atoms with Gasteiger partial charge in [-0.2, -0.15) is 0 Å². The lowest BCUT2D eigenvalue weighted by atomic mass is 10.1. The van der Waals surface area contributed by atoms with Gasteiger partial charge < -0.3 is 9.84 Å². The lowest BCUT2D eigenvalue weighted by Crippen LogP contribution is -2.24. The van der Waals surface area contributed by atoms with Gasteiger partial charge in [0.1, 0.15) is 0 Å². The summed E-state index contributed by atoms with van der Waals surface area (Å²) in [5.74, 6) is 0. The lowest BCUT2D eigenvalue weighted by Gasteiger charge is -2.21. The van der Waals surface area contributed by atoms with Crippen LogP contribution >= 0.6 is 0 Å². The number of aliphatic hydroxyl groups excluding tert-OH is 1. The maximum Gasteiger partial charge on any atom is 0.0748 e. The second-order valence-corrected chi connectivity index (χ2v) is 6.55. The van der Waals surface area contributed by atoms with Crippen LogP contribution in [0.5, 0.6) is 0 Å². The summed E-state index contributed by atoms with van der Waals surface area (Å²) < 4.78 is 6.22. The third-order valence-electron chi connectivity index (χ3n) is 4.85. The monoisotopic (exact) mass is 325 g/mol. The van der Waals surface area contributed by atoms with Crippen LogP contribution in [0.3, 0.4) is 0 Å². The molecule has 1 aliphatic heterocycles. The maximum absolute atomic E-state index is 9.19. The molecule has 2 aromatic rings. The molecule has 0 saturated carbocycles. The van der Waals surface area contributed by atoms with Gasteiger partial charge in [-0.05, 0) is 30.9 Å². The van der Waals surface area contributed by atoms with E-state index in [1.807, 2.05) is 18.2 Å². The zero-order valence-corrected chi connectivity index (χ0v) is 14.3.